The molecule has 0 aromatic rings. The first kappa shape index (κ1) is 20.0. The number of ether oxygens (including phenoxy) is 1. The average molecular weight is 331 g/mol. The predicted molar refractivity (Wildman–Crippen MR) is 99.5 cm³/mol. The second-order valence-electron chi connectivity index (χ2n) is 5.44. The highest BCUT2D eigenvalue weighted by molar-refractivity contribution is 5.93. The first-order valence-electron chi connectivity index (χ1n) is 8.10. The van der Waals surface area contributed by atoms with Gasteiger partial charge in [-0.25, -0.2) is 10.0 Å². The standard InChI is InChI=1S/C18H29N5O/c1-5-7-12-23(20)17(21-3)11-9-14(6-2)15-8-10-16(19)18(24-4)22-13-15/h9-11,13-14,17,21H,6,8,12,19-20H2,1-4H3/b11-9-. The topological polar surface area (TPSA) is 88.9 Å². The molecule has 132 valence electrons. The SMILES string of the molecule is CC#CCN(N)C(/C=C\C(CC)C1=CN=C(OC)C(N)=CC1)NC. The molecule has 1 rings (SSSR count). The fourth-order valence-corrected chi connectivity index (χ4v) is 2.40. The largest absolute Gasteiger partial charge is 0.480 e. The van der Waals surface area contributed by atoms with Crippen molar-refractivity contribution in [2.45, 2.75) is 32.9 Å². The van der Waals surface area contributed by atoms with Crippen LogP contribution in [0.25, 0.3) is 0 Å². The van der Waals surface area contributed by atoms with E-state index in [1.807, 2.05) is 19.3 Å². The summed E-state index contributed by atoms with van der Waals surface area (Å²) in [5, 5.41) is 4.84. The summed E-state index contributed by atoms with van der Waals surface area (Å²) in [6.45, 7) is 4.45. The van der Waals surface area contributed by atoms with Crippen molar-refractivity contribution in [1.29, 1.82) is 0 Å². The number of nitrogens with zero attached hydrogens (tertiary/aromatic N) is 2. The summed E-state index contributed by atoms with van der Waals surface area (Å²) >= 11 is 0. The van der Waals surface area contributed by atoms with Crippen LogP contribution in [0.4, 0.5) is 0 Å². The summed E-state index contributed by atoms with van der Waals surface area (Å²) in [6, 6.07) is 0. The van der Waals surface area contributed by atoms with E-state index in [0.29, 0.717) is 18.1 Å². The number of hydrazine groups is 1. The molecule has 0 fully saturated rings. The number of hydrogen-bond donors (Lipinski definition) is 3. The molecule has 0 bridgehead atoms. The van der Waals surface area contributed by atoms with Crippen molar-refractivity contribution in [3.63, 3.8) is 0 Å². The fourth-order valence-electron chi connectivity index (χ4n) is 2.40. The summed E-state index contributed by atoms with van der Waals surface area (Å²) in [5.74, 6) is 12.6. The molecule has 0 aliphatic carbocycles. The highest BCUT2D eigenvalue weighted by Gasteiger charge is 2.14. The number of allylic oxidation sites excluding steroid dienone is 3. The molecular formula is C18H29N5O. The Morgan fingerprint density at radius 1 is 1.50 bits per heavy atom. The van der Waals surface area contributed by atoms with E-state index in [4.69, 9.17) is 16.3 Å². The van der Waals surface area contributed by atoms with E-state index in [1.54, 1.807) is 19.0 Å². The van der Waals surface area contributed by atoms with Gasteiger partial charge in [-0.2, -0.15) is 0 Å². The van der Waals surface area contributed by atoms with Crippen LogP contribution in [0.3, 0.4) is 0 Å². The van der Waals surface area contributed by atoms with Crippen molar-refractivity contribution >= 4 is 5.90 Å². The number of hydrogen-bond acceptors (Lipinski definition) is 6. The molecule has 0 radical (unpaired) electrons. The van der Waals surface area contributed by atoms with Crippen LogP contribution in [-0.2, 0) is 4.74 Å². The third-order valence-electron chi connectivity index (χ3n) is 3.88. The van der Waals surface area contributed by atoms with Crippen molar-refractivity contribution in [3.8, 4) is 11.8 Å². The summed E-state index contributed by atoms with van der Waals surface area (Å²) < 4.78 is 5.18. The molecule has 2 atom stereocenters. The lowest BCUT2D eigenvalue weighted by Crippen LogP contribution is -2.47. The molecule has 0 amide bonds. The molecule has 24 heavy (non-hydrogen) atoms. The van der Waals surface area contributed by atoms with Crippen molar-refractivity contribution in [2.75, 3.05) is 20.7 Å². The van der Waals surface area contributed by atoms with Crippen LogP contribution in [0.15, 0.2) is 40.7 Å². The zero-order valence-electron chi connectivity index (χ0n) is 15.0. The van der Waals surface area contributed by atoms with Gasteiger partial charge in [0.15, 0.2) is 0 Å². The van der Waals surface area contributed by atoms with Crippen LogP contribution < -0.4 is 16.9 Å². The number of nitrogens with two attached hydrogens (primary N) is 2. The molecule has 0 aromatic carbocycles. The molecule has 2 unspecified atom stereocenters. The Balaban J connectivity index is 2.87. The lowest BCUT2D eigenvalue weighted by Gasteiger charge is -2.23. The minimum Gasteiger partial charge on any atom is -0.480 e. The van der Waals surface area contributed by atoms with E-state index in [-0.39, 0.29) is 12.1 Å². The monoisotopic (exact) mass is 331 g/mol. The lowest BCUT2D eigenvalue weighted by atomic mass is 9.93. The van der Waals surface area contributed by atoms with Crippen LogP contribution in [-0.4, -0.2) is 37.8 Å². The van der Waals surface area contributed by atoms with E-state index in [2.05, 4.69) is 41.2 Å². The molecular weight excluding hydrogens is 302 g/mol. The maximum absolute atomic E-state index is 6.04. The number of methoxy groups -OCH3 is 1. The maximum Gasteiger partial charge on any atom is 0.236 e. The van der Waals surface area contributed by atoms with Gasteiger partial charge in [-0.15, -0.1) is 5.92 Å². The van der Waals surface area contributed by atoms with Gasteiger partial charge in [0.05, 0.1) is 25.5 Å². The number of likely N-dealkylation sites (N-methyl/N-ethyl adjacent to an activating group) is 1. The van der Waals surface area contributed by atoms with Gasteiger partial charge in [0, 0.05) is 6.20 Å². The molecule has 1 aliphatic heterocycles. The van der Waals surface area contributed by atoms with E-state index in [0.717, 1.165) is 12.8 Å². The normalized spacial score (nSPS) is 17.3. The predicted octanol–water partition coefficient (Wildman–Crippen LogP) is 1.49. The first-order chi connectivity index (χ1) is 11.6. The number of nitrogens with one attached hydrogen (secondary N) is 1. The van der Waals surface area contributed by atoms with E-state index in [1.165, 1.54) is 5.57 Å². The molecule has 6 heteroatoms. The van der Waals surface area contributed by atoms with Gasteiger partial charge in [-0.3, -0.25) is 5.84 Å². The lowest BCUT2D eigenvalue weighted by molar-refractivity contribution is 0.239. The first-order valence-corrected chi connectivity index (χ1v) is 8.10. The third-order valence-corrected chi connectivity index (χ3v) is 3.88. The Morgan fingerprint density at radius 3 is 2.83 bits per heavy atom. The summed E-state index contributed by atoms with van der Waals surface area (Å²) in [7, 11) is 3.45. The van der Waals surface area contributed by atoms with Crippen LogP contribution in [0.5, 0.6) is 0 Å². The second kappa shape index (κ2) is 10.7. The zero-order valence-corrected chi connectivity index (χ0v) is 15.0. The van der Waals surface area contributed by atoms with Crippen LogP contribution in [0.1, 0.15) is 26.7 Å². The molecule has 0 saturated heterocycles. The van der Waals surface area contributed by atoms with Crippen molar-refractivity contribution < 1.29 is 4.74 Å². The van der Waals surface area contributed by atoms with Gasteiger partial charge in [0.1, 0.15) is 0 Å². The number of aliphatic imine (C=N–C) groups is 1. The van der Waals surface area contributed by atoms with E-state index in [9.17, 15) is 0 Å². The Hall–Kier alpha value is -2.07. The fraction of sp³-hybridized carbons (Fsp3) is 0.500. The Morgan fingerprint density at radius 2 is 2.25 bits per heavy atom. The molecule has 0 saturated carbocycles. The quantitative estimate of drug-likeness (QED) is 0.216. The molecule has 1 heterocycles. The van der Waals surface area contributed by atoms with E-state index >= 15 is 0 Å². The third kappa shape index (κ3) is 5.85. The van der Waals surface area contributed by atoms with Crippen molar-refractivity contribution in [3.05, 3.63) is 35.7 Å². The summed E-state index contributed by atoms with van der Waals surface area (Å²) in [4.78, 5) is 4.33. The van der Waals surface area contributed by atoms with Crippen molar-refractivity contribution in [1.82, 2.24) is 10.3 Å². The molecule has 0 aromatic heterocycles. The Kier molecular flexibility index (Phi) is 8.87. The van der Waals surface area contributed by atoms with Crippen LogP contribution in [0.2, 0.25) is 0 Å². The van der Waals surface area contributed by atoms with Crippen LogP contribution in [0, 0.1) is 17.8 Å². The summed E-state index contributed by atoms with van der Waals surface area (Å²) in [5.41, 5.74) is 7.69. The number of rotatable bonds is 7. The molecule has 5 N–H and O–H groups in total. The van der Waals surface area contributed by atoms with Gasteiger partial charge in [-0.1, -0.05) is 31.1 Å². The average Bonchev–Trinajstić information content (AvgIpc) is 2.78. The van der Waals surface area contributed by atoms with Crippen molar-refractivity contribution in [2.24, 2.45) is 22.5 Å². The smallest absolute Gasteiger partial charge is 0.236 e. The van der Waals surface area contributed by atoms with Gasteiger partial charge in [0.2, 0.25) is 5.90 Å². The van der Waals surface area contributed by atoms with Gasteiger partial charge < -0.3 is 15.8 Å². The molecule has 0 spiro atoms. The highest BCUT2D eigenvalue weighted by atomic mass is 16.5. The molecule has 6 nitrogen and oxygen atoms in total. The highest BCUT2D eigenvalue weighted by Crippen LogP contribution is 2.23. The molecule has 1 aliphatic rings. The van der Waals surface area contributed by atoms with Gasteiger partial charge in [0.25, 0.3) is 0 Å². The van der Waals surface area contributed by atoms with Crippen LogP contribution >= 0.6 is 0 Å². The zero-order chi connectivity index (χ0) is 17.9. The Labute approximate surface area is 145 Å². The second-order valence-corrected chi connectivity index (χ2v) is 5.44. The van der Waals surface area contributed by atoms with Gasteiger partial charge in [-0.05, 0) is 38.3 Å². The summed E-state index contributed by atoms with van der Waals surface area (Å²) in [6.07, 6.45) is 9.65. The minimum atomic E-state index is -0.0788. The van der Waals surface area contributed by atoms with Gasteiger partial charge >= 0.3 is 0 Å². The minimum absolute atomic E-state index is 0.0788. The Bertz CT molecular complexity index is 580. The van der Waals surface area contributed by atoms with E-state index < -0.39 is 0 Å². The maximum atomic E-state index is 6.04.